The zero-order valence-electron chi connectivity index (χ0n) is 17.1. The Balaban J connectivity index is 1.60. The summed E-state index contributed by atoms with van der Waals surface area (Å²) in [4.78, 5) is 17.4. The molecule has 0 bridgehead atoms. The van der Waals surface area contributed by atoms with E-state index in [-0.39, 0.29) is 5.91 Å². The minimum absolute atomic E-state index is 0.281. The first kappa shape index (κ1) is 19.5. The fourth-order valence-corrected chi connectivity index (χ4v) is 3.23. The van der Waals surface area contributed by atoms with Crippen LogP contribution < -0.4 is 14.8 Å². The molecule has 152 valence electrons. The van der Waals surface area contributed by atoms with Gasteiger partial charge in [-0.1, -0.05) is 19.1 Å². The van der Waals surface area contributed by atoms with Crippen molar-refractivity contribution in [3.8, 4) is 23.0 Å². The smallest absolute Gasteiger partial charge is 0.259 e. The zero-order chi connectivity index (χ0) is 21.1. The Morgan fingerprint density at radius 1 is 1.03 bits per heavy atom. The summed E-state index contributed by atoms with van der Waals surface area (Å²) in [5.74, 6) is 1.29. The minimum Gasteiger partial charge on any atom is -0.497 e. The first-order valence-electron chi connectivity index (χ1n) is 9.64. The quantitative estimate of drug-likeness (QED) is 0.472. The molecule has 0 fully saturated rings. The van der Waals surface area contributed by atoms with Crippen molar-refractivity contribution >= 4 is 22.7 Å². The molecule has 0 atom stereocenters. The Labute approximate surface area is 174 Å². The molecule has 0 spiro atoms. The summed E-state index contributed by atoms with van der Waals surface area (Å²) in [5, 5.41) is 2.90. The highest BCUT2D eigenvalue weighted by Gasteiger charge is 2.15. The Morgan fingerprint density at radius 2 is 1.90 bits per heavy atom. The molecule has 0 aliphatic heterocycles. The van der Waals surface area contributed by atoms with Crippen LogP contribution >= 0.6 is 0 Å². The van der Waals surface area contributed by atoms with Crippen LogP contribution in [0.15, 0.2) is 65.1 Å². The summed E-state index contributed by atoms with van der Waals surface area (Å²) in [6, 6.07) is 18.5. The Morgan fingerprint density at radius 3 is 2.67 bits per heavy atom. The lowest BCUT2D eigenvalue weighted by Gasteiger charge is -2.11. The molecule has 30 heavy (non-hydrogen) atoms. The van der Waals surface area contributed by atoms with Crippen molar-refractivity contribution in [3.05, 3.63) is 71.8 Å². The number of aryl methyl sites for hydroxylation is 1. The van der Waals surface area contributed by atoms with Crippen LogP contribution in [-0.2, 0) is 6.42 Å². The van der Waals surface area contributed by atoms with Crippen LogP contribution in [0.2, 0.25) is 0 Å². The summed E-state index contributed by atoms with van der Waals surface area (Å²) >= 11 is 0. The van der Waals surface area contributed by atoms with Crippen molar-refractivity contribution in [1.29, 1.82) is 0 Å². The van der Waals surface area contributed by atoms with Crippen molar-refractivity contribution in [3.63, 3.8) is 0 Å². The fourth-order valence-electron chi connectivity index (χ4n) is 3.23. The van der Waals surface area contributed by atoms with E-state index in [0.29, 0.717) is 28.6 Å². The first-order valence-corrected chi connectivity index (χ1v) is 9.64. The number of fused-ring (bicyclic) bond motifs is 1. The number of hydrogen-bond acceptors (Lipinski definition) is 5. The maximum absolute atomic E-state index is 12.8. The molecule has 0 saturated carbocycles. The minimum atomic E-state index is -0.281. The van der Waals surface area contributed by atoms with Gasteiger partial charge in [-0.3, -0.25) is 4.79 Å². The number of hydrogen-bond donors (Lipinski definition) is 1. The van der Waals surface area contributed by atoms with Gasteiger partial charge in [-0.25, -0.2) is 4.98 Å². The van der Waals surface area contributed by atoms with Crippen molar-refractivity contribution in [2.75, 3.05) is 19.5 Å². The number of methoxy groups -OCH3 is 2. The lowest BCUT2D eigenvalue weighted by atomic mass is 10.1. The summed E-state index contributed by atoms with van der Waals surface area (Å²) in [7, 11) is 3.08. The maximum Gasteiger partial charge on any atom is 0.259 e. The molecule has 0 radical (unpaired) electrons. The number of oxazole rings is 1. The number of carbonyl (C=O) groups is 1. The normalized spacial score (nSPS) is 10.8. The Kier molecular flexibility index (Phi) is 5.39. The Hall–Kier alpha value is -3.80. The molecule has 1 heterocycles. The zero-order valence-corrected chi connectivity index (χ0v) is 17.1. The topological polar surface area (TPSA) is 73.6 Å². The van der Waals surface area contributed by atoms with Crippen LogP contribution in [0.3, 0.4) is 0 Å². The predicted octanol–water partition coefficient (Wildman–Crippen LogP) is 5.33. The Bertz CT molecular complexity index is 1210. The van der Waals surface area contributed by atoms with Crippen molar-refractivity contribution < 1.29 is 18.7 Å². The number of anilines is 1. The molecule has 4 rings (SSSR count). The summed E-state index contributed by atoms with van der Waals surface area (Å²) in [5.41, 5.74) is 4.59. The second-order valence-corrected chi connectivity index (χ2v) is 6.78. The second kappa shape index (κ2) is 8.29. The molecule has 0 aliphatic carbocycles. The van der Waals surface area contributed by atoms with E-state index in [2.05, 4.69) is 17.2 Å². The highest BCUT2D eigenvalue weighted by atomic mass is 16.5. The van der Waals surface area contributed by atoms with Gasteiger partial charge < -0.3 is 19.2 Å². The number of nitrogens with one attached hydrogen (secondary N) is 1. The van der Waals surface area contributed by atoms with Gasteiger partial charge in [-0.05, 0) is 54.4 Å². The van der Waals surface area contributed by atoms with Crippen molar-refractivity contribution in [1.82, 2.24) is 4.98 Å². The van der Waals surface area contributed by atoms with Gasteiger partial charge in [0.1, 0.15) is 17.0 Å². The van der Waals surface area contributed by atoms with Gasteiger partial charge in [0.05, 0.1) is 19.8 Å². The number of aromatic nitrogens is 1. The van der Waals surface area contributed by atoms with E-state index in [1.54, 1.807) is 25.3 Å². The van der Waals surface area contributed by atoms with Gasteiger partial charge in [0.25, 0.3) is 5.91 Å². The molecular formula is C24H22N2O4. The summed E-state index contributed by atoms with van der Waals surface area (Å²) in [6.45, 7) is 2.10. The molecule has 6 heteroatoms. The average molecular weight is 402 g/mol. The predicted molar refractivity (Wildman–Crippen MR) is 116 cm³/mol. The number of nitrogens with zero attached hydrogens (tertiary/aromatic N) is 1. The number of rotatable bonds is 6. The number of benzene rings is 3. The molecule has 1 amide bonds. The maximum atomic E-state index is 12.8. The average Bonchev–Trinajstić information content (AvgIpc) is 3.22. The SMILES string of the molecule is CCc1ccc2oc(-c3cccc(NC(=O)c4ccc(OC)cc4OC)c3)nc2c1. The van der Waals surface area contributed by atoms with Crippen LogP contribution in [0.1, 0.15) is 22.8 Å². The van der Waals surface area contributed by atoms with Crippen LogP contribution in [0.4, 0.5) is 5.69 Å². The third kappa shape index (κ3) is 3.85. The van der Waals surface area contributed by atoms with Crippen molar-refractivity contribution in [2.45, 2.75) is 13.3 Å². The van der Waals surface area contributed by atoms with Gasteiger partial charge in [-0.2, -0.15) is 0 Å². The van der Waals surface area contributed by atoms with Crippen LogP contribution in [0.25, 0.3) is 22.6 Å². The van der Waals surface area contributed by atoms with E-state index in [1.165, 1.54) is 12.7 Å². The third-order valence-corrected chi connectivity index (χ3v) is 4.88. The molecule has 4 aromatic rings. The summed E-state index contributed by atoms with van der Waals surface area (Å²) < 4.78 is 16.4. The molecule has 6 nitrogen and oxygen atoms in total. The van der Waals surface area contributed by atoms with Gasteiger partial charge >= 0.3 is 0 Å². The molecular weight excluding hydrogens is 380 g/mol. The number of ether oxygens (including phenoxy) is 2. The lowest BCUT2D eigenvalue weighted by molar-refractivity contribution is 0.102. The number of carbonyl (C=O) groups excluding carboxylic acids is 1. The third-order valence-electron chi connectivity index (χ3n) is 4.88. The van der Waals surface area contributed by atoms with E-state index in [9.17, 15) is 4.79 Å². The number of amides is 1. The lowest BCUT2D eigenvalue weighted by Crippen LogP contribution is -2.13. The highest BCUT2D eigenvalue weighted by molar-refractivity contribution is 6.06. The van der Waals surface area contributed by atoms with Gasteiger partial charge in [0, 0.05) is 17.3 Å². The largest absolute Gasteiger partial charge is 0.497 e. The molecule has 0 unspecified atom stereocenters. The fraction of sp³-hybridized carbons (Fsp3) is 0.167. The van der Waals surface area contributed by atoms with Crippen LogP contribution in [0.5, 0.6) is 11.5 Å². The monoisotopic (exact) mass is 402 g/mol. The van der Waals surface area contributed by atoms with Gasteiger partial charge in [0.15, 0.2) is 5.58 Å². The molecule has 1 aromatic heterocycles. The highest BCUT2D eigenvalue weighted by Crippen LogP contribution is 2.28. The van der Waals surface area contributed by atoms with E-state index < -0.39 is 0 Å². The van der Waals surface area contributed by atoms with Gasteiger partial charge in [0.2, 0.25) is 5.89 Å². The van der Waals surface area contributed by atoms with Gasteiger partial charge in [-0.15, -0.1) is 0 Å². The molecule has 0 aliphatic rings. The van der Waals surface area contributed by atoms with E-state index in [0.717, 1.165) is 23.1 Å². The molecule has 3 aromatic carbocycles. The van der Waals surface area contributed by atoms with E-state index in [4.69, 9.17) is 13.9 Å². The first-order chi connectivity index (χ1) is 14.6. The second-order valence-electron chi connectivity index (χ2n) is 6.78. The van der Waals surface area contributed by atoms with E-state index >= 15 is 0 Å². The van der Waals surface area contributed by atoms with Crippen LogP contribution in [0, 0.1) is 0 Å². The standard InChI is InChI=1S/C24H22N2O4/c1-4-15-8-11-21-20(12-15)26-24(30-21)16-6-5-7-17(13-16)25-23(27)19-10-9-18(28-2)14-22(19)29-3/h5-14H,4H2,1-3H3,(H,25,27). The molecule has 0 saturated heterocycles. The van der Waals surface area contributed by atoms with E-state index in [1.807, 2.05) is 42.5 Å². The molecule has 1 N–H and O–H groups in total. The van der Waals surface area contributed by atoms with Crippen molar-refractivity contribution in [2.24, 2.45) is 0 Å². The summed E-state index contributed by atoms with van der Waals surface area (Å²) in [6.07, 6.45) is 0.939. The van der Waals surface area contributed by atoms with Crippen LogP contribution in [-0.4, -0.2) is 25.1 Å².